The molecule has 0 aliphatic rings. The maximum atomic E-state index is 12.9. The smallest absolute Gasteiger partial charge is 0.350 e. The van der Waals surface area contributed by atoms with Crippen LogP contribution in [0.1, 0.15) is 12.5 Å². The minimum absolute atomic E-state index is 0.238. The highest BCUT2D eigenvalue weighted by molar-refractivity contribution is 6.05. The third-order valence-electron chi connectivity index (χ3n) is 4.70. The molecule has 2 N–H and O–H groups in total. The van der Waals surface area contributed by atoms with Gasteiger partial charge in [0.2, 0.25) is 0 Å². The lowest BCUT2D eigenvalue weighted by Gasteiger charge is -2.06. The summed E-state index contributed by atoms with van der Waals surface area (Å²) >= 11 is 0. The van der Waals surface area contributed by atoms with Gasteiger partial charge in [0.25, 0.3) is 0 Å². The maximum Gasteiger partial charge on any atom is 0.350 e. The van der Waals surface area contributed by atoms with Crippen LogP contribution in [-0.4, -0.2) is 35.1 Å². The molecule has 0 spiro atoms. The summed E-state index contributed by atoms with van der Waals surface area (Å²) in [5.74, 6) is 1.01. The number of nitrogens with zero attached hydrogens (tertiary/aromatic N) is 2. The zero-order chi connectivity index (χ0) is 21.3. The summed E-state index contributed by atoms with van der Waals surface area (Å²) in [6, 6.07) is 13.1. The molecule has 8 heteroatoms. The lowest BCUT2D eigenvalue weighted by atomic mass is 10.1. The van der Waals surface area contributed by atoms with Gasteiger partial charge in [-0.3, -0.25) is 4.79 Å². The van der Waals surface area contributed by atoms with Crippen molar-refractivity contribution in [3.05, 3.63) is 74.4 Å². The fourth-order valence-electron chi connectivity index (χ4n) is 3.27. The average Bonchev–Trinajstić information content (AvgIpc) is 3.10. The van der Waals surface area contributed by atoms with Crippen LogP contribution in [0.4, 0.5) is 0 Å². The van der Waals surface area contributed by atoms with Gasteiger partial charge in [-0.15, -0.1) is 4.68 Å². The molecular weight excluding hydrogens is 384 g/mol. The number of nitrogens with one attached hydrogen (secondary N) is 2. The van der Waals surface area contributed by atoms with Crippen molar-refractivity contribution in [1.82, 2.24) is 14.6 Å². The predicted octanol–water partition coefficient (Wildman–Crippen LogP) is 3.13. The van der Waals surface area contributed by atoms with Crippen LogP contribution in [0.15, 0.2) is 62.7 Å². The van der Waals surface area contributed by atoms with Crippen molar-refractivity contribution in [2.24, 2.45) is 5.10 Å². The van der Waals surface area contributed by atoms with Gasteiger partial charge in [-0.25, -0.2) is 4.79 Å². The molecule has 4 rings (SSSR count). The molecule has 0 saturated carbocycles. The quantitative estimate of drug-likeness (QED) is 0.499. The van der Waals surface area contributed by atoms with Crippen LogP contribution < -0.4 is 20.7 Å². The molecule has 8 nitrogen and oxygen atoms in total. The highest BCUT2D eigenvalue weighted by atomic mass is 16.5. The second-order valence-corrected chi connectivity index (χ2v) is 6.72. The van der Waals surface area contributed by atoms with Crippen molar-refractivity contribution in [2.75, 3.05) is 14.2 Å². The van der Waals surface area contributed by atoms with Crippen molar-refractivity contribution in [1.29, 1.82) is 0 Å². The third kappa shape index (κ3) is 3.39. The molecule has 2 aromatic carbocycles. The van der Waals surface area contributed by atoms with E-state index in [0.717, 1.165) is 15.8 Å². The molecule has 0 bridgehead atoms. The number of hydrogen-bond donors (Lipinski definition) is 2. The monoisotopic (exact) mass is 404 g/mol. The van der Waals surface area contributed by atoms with Gasteiger partial charge in [0.05, 0.1) is 31.5 Å². The first kappa shape index (κ1) is 19.3. The number of allylic oxidation sites excluding steroid dienone is 1. The predicted molar refractivity (Wildman–Crippen MR) is 118 cm³/mol. The van der Waals surface area contributed by atoms with Gasteiger partial charge in [0.15, 0.2) is 11.5 Å². The lowest BCUT2D eigenvalue weighted by molar-refractivity contribution is 0.356. The molecule has 30 heavy (non-hydrogen) atoms. The second-order valence-electron chi connectivity index (χ2n) is 6.72. The molecule has 0 unspecified atom stereocenters. The minimum atomic E-state index is -0.632. The topological polar surface area (TPSA) is 101 Å². The molecule has 0 aliphatic carbocycles. The molecule has 0 radical (unpaired) electrons. The number of benzene rings is 2. The van der Waals surface area contributed by atoms with E-state index in [1.807, 2.05) is 43.3 Å². The number of H-pyrrole nitrogens is 2. The van der Waals surface area contributed by atoms with Crippen molar-refractivity contribution < 1.29 is 9.47 Å². The van der Waals surface area contributed by atoms with Crippen molar-refractivity contribution >= 4 is 34.2 Å². The molecule has 2 aromatic heterocycles. The van der Waals surface area contributed by atoms with E-state index in [2.05, 4.69) is 15.1 Å². The summed E-state index contributed by atoms with van der Waals surface area (Å²) in [5.41, 5.74) is 1.87. The van der Waals surface area contributed by atoms with Crippen LogP contribution in [0.5, 0.6) is 11.5 Å². The summed E-state index contributed by atoms with van der Waals surface area (Å²) in [4.78, 5) is 31.2. The first-order valence-electron chi connectivity index (χ1n) is 9.22. The summed E-state index contributed by atoms with van der Waals surface area (Å²) in [6.45, 7) is 1.84. The van der Waals surface area contributed by atoms with Gasteiger partial charge >= 0.3 is 11.2 Å². The number of hydrogen-bond acceptors (Lipinski definition) is 5. The van der Waals surface area contributed by atoms with Crippen LogP contribution in [0.2, 0.25) is 0 Å². The second kappa shape index (κ2) is 7.75. The first-order valence-corrected chi connectivity index (χ1v) is 9.22. The van der Waals surface area contributed by atoms with Crippen LogP contribution in [-0.2, 0) is 0 Å². The van der Waals surface area contributed by atoms with E-state index in [4.69, 9.17) is 9.47 Å². The average molecular weight is 404 g/mol. The number of rotatable bonds is 5. The number of methoxy groups -OCH3 is 2. The molecule has 0 saturated heterocycles. The Balaban J connectivity index is 1.82. The van der Waals surface area contributed by atoms with Crippen LogP contribution >= 0.6 is 0 Å². The minimum Gasteiger partial charge on any atom is -0.493 e. The van der Waals surface area contributed by atoms with E-state index < -0.39 is 11.2 Å². The Labute approximate surface area is 171 Å². The van der Waals surface area contributed by atoms with Crippen molar-refractivity contribution in [3.63, 3.8) is 0 Å². The first-order chi connectivity index (χ1) is 14.5. The number of aromatic amines is 2. The summed E-state index contributed by atoms with van der Waals surface area (Å²) in [6.07, 6.45) is 3.38. The maximum absolute atomic E-state index is 12.9. The van der Waals surface area contributed by atoms with Gasteiger partial charge in [0, 0.05) is 11.5 Å². The van der Waals surface area contributed by atoms with Gasteiger partial charge in [-0.05, 0) is 24.1 Å². The van der Waals surface area contributed by atoms with Gasteiger partial charge in [-0.2, -0.15) is 5.10 Å². The highest BCUT2D eigenvalue weighted by Crippen LogP contribution is 2.34. The standard InChI is InChI=1S/C22H20N4O4/c1-13(9-14-7-5-4-6-8-14)12-23-26-21(27)20-19(25-22(26)28)15-10-17(29-2)18(30-3)11-16(15)24-20/h4-12,24H,1-3H3,(H,25,28)/b13-9+,23-12+. The third-order valence-corrected chi connectivity index (χ3v) is 4.70. The Morgan fingerprint density at radius 3 is 2.40 bits per heavy atom. The fourth-order valence-corrected chi connectivity index (χ4v) is 3.27. The van der Waals surface area contributed by atoms with Crippen LogP contribution in [0.3, 0.4) is 0 Å². The molecule has 4 aromatic rings. The summed E-state index contributed by atoms with van der Waals surface area (Å²) in [5, 5.41) is 4.73. The van der Waals surface area contributed by atoms with Crippen molar-refractivity contribution in [3.8, 4) is 11.5 Å². The van der Waals surface area contributed by atoms with E-state index in [1.165, 1.54) is 20.4 Å². The SMILES string of the molecule is COc1cc2[nH]c3c(=O)n(/N=C/C(C)=C/c4ccccc4)c(=O)[nH]c3c2cc1OC. The van der Waals surface area contributed by atoms with Gasteiger partial charge < -0.3 is 19.4 Å². The summed E-state index contributed by atoms with van der Waals surface area (Å²) in [7, 11) is 3.05. The zero-order valence-electron chi connectivity index (χ0n) is 16.7. The molecule has 2 heterocycles. The Bertz CT molecular complexity index is 1410. The number of aromatic nitrogens is 3. The number of fused-ring (bicyclic) bond motifs is 3. The van der Waals surface area contributed by atoms with Crippen LogP contribution in [0.25, 0.3) is 28.0 Å². The van der Waals surface area contributed by atoms with E-state index >= 15 is 0 Å². The Hall–Kier alpha value is -4.07. The molecule has 0 fully saturated rings. The largest absolute Gasteiger partial charge is 0.493 e. The summed E-state index contributed by atoms with van der Waals surface area (Å²) < 4.78 is 11.4. The highest BCUT2D eigenvalue weighted by Gasteiger charge is 2.15. The normalized spacial score (nSPS) is 12.2. The Morgan fingerprint density at radius 1 is 1.00 bits per heavy atom. The molecule has 152 valence electrons. The molecule has 0 amide bonds. The van der Waals surface area contributed by atoms with Gasteiger partial charge in [-0.1, -0.05) is 36.4 Å². The Morgan fingerprint density at radius 2 is 1.70 bits per heavy atom. The van der Waals surface area contributed by atoms with E-state index in [9.17, 15) is 9.59 Å². The van der Waals surface area contributed by atoms with E-state index in [0.29, 0.717) is 27.9 Å². The lowest BCUT2D eigenvalue weighted by Crippen LogP contribution is -2.32. The molecular formula is C22H20N4O4. The van der Waals surface area contributed by atoms with E-state index in [-0.39, 0.29) is 5.52 Å². The zero-order valence-corrected chi connectivity index (χ0v) is 16.7. The Kier molecular flexibility index (Phi) is 4.97. The van der Waals surface area contributed by atoms with Crippen molar-refractivity contribution in [2.45, 2.75) is 6.92 Å². The number of ether oxygens (including phenoxy) is 2. The fraction of sp³-hybridized carbons (Fsp3) is 0.136. The van der Waals surface area contributed by atoms with Gasteiger partial charge in [0.1, 0.15) is 5.52 Å². The molecule has 0 atom stereocenters. The van der Waals surface area contributed by atoms with Crippen LogP contribution in [0, 0.1) is 0 Å². The van der Waals surface area contributed by atoms with E-state index in [1.54, 1.807) is 12.1 Å². The molecule has 0 aliphatic heterocycles.